The van der Waals surface area contributed by atoms with Crippen LogP contribution in [0.5, 0.6) is 0 Å². The number of hydrogen-bond acceptors (Lipinski definition) is 3. The molecule has 0 bridgehead atoms. The van der Waals surface area contributed by atoms with Crippen LogP contribution >= 0.6 is 0 Å². The average Bonchev–Trinajstić information content (AvgIpc) is 2.62. The van der Waals surface area contributed by atoms with Crippen LogP contribution in [0.2, 0.25) is 0 Å². The fourth-order valence-corrected chi connectivity index (χ4v) is 1.50. The van der Waals surface area contributed by atoms with Crippen LogP contribution < -0.4 is 0 Å². The van der Waals surface area contributed by atoms with Crippen LogP contribution in [0.25, 0.3) is 0 Å². The fourth-order valence-electron chi connectivity index (χ4n) is 1.50. The highest BCUT2D eigenvalue weighted by Crippen LogP contribution is 2.21. The molecular formula is C11H20N2O2. The molecule has 1 rings (SSSR count). The van der Waals surface area contributed by atoms with Crippen LogP contribution in [-0.2, 0) is 18.2 Å². The van der Waals surface area contributed by atoms with Gasteiger partial charge in [0.15, 0.2) is 0 Å². The molecule has 4 heteroatoms. The standard InChI is InChI=1S/C11H20N2O2/c1-5-11(2,15-4)10(14)8-9-6-7-13(3)12-9/h6-7,10,14H,5,8H2,1-4H3. The largest absolute Gasteiger partial charge is 0.390 e. The minimum Gasteiger partial charge on any atom is -0.390 e. The van der Waals surface area contributed by atoms with Crippen molar-refractivity contribution in [3.63, 3.8) is 0 Å². The number of rotatable bonds is 5. The van der Waals surface area contributed by atoms with E-state index in [0.29, 0.717) is 6.42 Å². The molecule has 0 spiro atoms. The number of aryl methyl sites for hydroxylation is 1. The molecule has 0 aromatic carbocycles. The van der Waals surface area contributed by atoms with E-state index in [4.69, 9.17) is 4.74 Å². The van der Waals surface area contributed by atoms with Gasteiger partial charge in [-0.2, -0.15) is 5.10 Å². The number of ether oxygens (including phenoxy) is 1. The molecule has 0 aliphatic heterocycles. The van der Waals surface area contributed by atoms with Crippen LogP contribution in [0.4, 0.5) is 0 Å². The van der Waals surface area contributed by atoms with Gasteiger partial charge in [-0.3, -0.25) is 4.68 Å². The van der Waals surface area contributed by atoms with Gasteiger partial charge in [0.2, 0.25) is 0 Å². The molecule has 2 atom stereocenters. The molecule has 0 amide bonds. The van der Waals surface area contributed by atoms with Gasteiger partial charge in [0.25, 0.3) is 0 Å². The minimum atomic E-state index is -0.526. The van der Waals surface area contributed by atoms with Crippen molar-refractivity contribution in [3.8, 4) is 0 Å². The zero-order chi connectivity index (χ0) is 11.5. The van der Waals surface area contributed by atoms with Crippen molar-refractivity contribution in [2.75, 3.05) is 7.11 Å². The number of nitrogens with zero attached hydrogens (tertiary/aromatic N) is 2. The van der Waals surface area contributed by atoms with Gasteiger partial charge in [-0.25, -0.2) is 0 Å². The first-order valence-corrected chi connectivity index (χ1v) is 5.23. The van der Waals surface area contributed by atoms with Crippen molar-refractivity contribution in [2.45, 2.75) is 38.4 Å². The first-order chi connectivity index (χ1) is 7.01. The van der Waals surface area contributed by atoms with Gasteiger partial charge in [0.1, 0.15) is 0 Å². The van der Waals surface area contributed by atoms with E-state index in [-0.39, 0.29) is 0 Å². The third-order valence-electron chi connectivity index (χ3n) is 3.04. The SMILES string of the molecule is CCC(C)(OC)C(O)Cc1ccn(C)n1. The third-order valence-corrected chi connectivity index (χ3v) is 3.04. The minimum absolute atomic E-state index is 0.489. The maximum Gasteiger partial charge on any atom is 0.0909 e. The highest BCUT2D eigenvalue weighted by molar-refractivity contribution is 5.02. The Hall–Kier alpha value is -0.870. The quantitative estimate of drug-likeness (QED) is 0.796. The zero-order valence-corrected chi connectivity index (χ0v) is 9.90. The van der Waals surface area contributed by atoms with Gasteiger partial charge in [-0.05, 0) is 19.4 Å². The van der Waals surface area contributed by atoms with Crippen LogP contribution in [-0.4, -0.2) is 33.7 Å². The zero-order valence-electron chi connectivity index (χ0n) is 9.90. The van der Waals surface area contributed by atoms with E-state index in [9.17, 15) is 5.11 Å². The number of aromatic nitrogens is 2. The Kier molecular flexibility index (Phi) is 3.88. The van der Waals surface area contributed by atoms with Gasteiger partial charge in [-0.1, -0.05) is 6.92 Å². The van der Waals surface area contributed by atoms with E-state index >= 15 is 0 Å². The van der Waals surface area contributed by atoms with Crippen molar-refractivity contribution in [1.29, 1.82) is 0 Å². The molecule has 0 saturated carbocycles. The Labute approximate surface area is 90.9 Å². The highest BCUT2D eigenvalue weighted by atomic mass is 16.5. The lowest BCUT2D eigenvalue weighted by Crippen LogP contribution is -2.42. The van der Waals surface area contributed by atoms with Crippen molar-refractivity contribution in [3.05, 3.63) is 18.0 Å². The topological polar surface area (TPSA) is 47.3 Å². The molecule has 0 aliphatic carbocycles. The van der Waals surface area contributed by atoms with Crippen molar-refractivity contribution >= 4 is 0 Å². The summed E-state index contributed by atoms with van der Waals surface area (Å²) in [6.45, 7) is 3.92. The molecule has 15 heavy (non-hydrogen) atoms. The summed E-state index contributed by atoms with van der Waals surface area (Å²) in [6, 6.07) is 1.91. The van der Waals surface area contributed by atoms with Gasteiger partial charge in [-0.15, -0.1) is 0 Å². The molecule has 4 nitrogen and oxygen atoms in total. The second-order valence-electron chi connectivity index (χ2n) is 4.07. The third kappa shape index (κ3) is 2.79. The summed E-state index contributed by atoms with van der Waals surface area (Å²) >= 11 is 0. The average molecular weight is 212 g/mol. The summed E-state index contributed by atoms with van der Waals surface area (Å²) in [4.78, 5) is 0. The lowest BCUT2D eigenvalue weighted by atomic mass is 9.92. The maximum atomic E-state index is 10.1. The number of hydrogen-bond donors (Lipinski definition) is 1. The van der Waals surface area contributed by atoms with E-state index in [1.165, 1.54) is 0 Å². The van der Waals surface area contributed by atoms with Crippen molar-refractivity contribution in [2.24, 2.45) is 7.05 Å². The molecule has 2 unspecified atom stereocenters. The molecule has 0 saturated heterocycles. The number of aliphatic hydroxyl groups is 1. The van der Waals surface area contributed by atoms with E-state index in [2.05, 4.69) is 5.10 Å². The molecule has 0 fully saturated rings. The van der Waals surface area contributed by atoms with Crippen LogP contribution in [0, 0.1) is 0 Å². The second-order valence-corrected chi connectivity index (χ2v) is 4.07. The second kappa shape index (κ2) is 4.77. The Bertz CT molecular complexity index is 305. The summed E-state index contributed by atoms with van der Waals surface area (Å²) in [5, 5.41) is 14.3. The highest BCUT2D eigenvalue weighted by Gasteiger charge is 2.31. The first kappa shape index (κ1) is 12.2. The molecule has 0 radical (unpaired) electrons. The van der Waals surface area contributed by atoms with Gasteiger partial charge in [0, 0.05) is 26.8 Å². The molecule has 1 aromatic heterocycles. The normalized spacial score (nSPS) is 17.4. The number of methoxy groups -OCH3 is 1. The molecule has 86 valence electrons. The van der Waals surface area contributed by atoms with E-state index < -0.39 is 11.7 Å². The molecule has 1 heterocycles. The predicted molar refractivity (Wildman–Crippen MR) is 58.6 cm³/mol. The van der Waals surface area contributed by atoms with Crippen LogP contribution in [0.3, 0.4) is 0 Å². The van der Waals surface area contributed by atoms with E-state index in [1.807, 2.05) is 33.2 Å². The van der Waals surface area contributed by atoms with Gasteiger partial charge < -0.3 is 9.84 Å². The first-order valence-electron chi connectivity index (χ1n) is 5.23. The van der Waals surface area contributed by atoms with Gasteiger partial charge >= 0.3 is 0 Å². The van der Waals surface area contributed by atoms with Crippen LogP contribution in [0.15, 0.2) is 12.3 Å². The van der Waals surface area contributed by atoms with Crippen LogP contribution in [0.1, 0.15) is 26.0 Å². The van der Waals surface area contributed by atoms with E-state index in [0.717, 1.165) is 12.1 Å². The Morgan fingerprint density at radius 2 is 2.33 bits per heavy atom. The summed E-state index contributed by atoms with van der Waals surface area (Å²) < 4.78 is 7.08. The fraction of sp³-hybridized carbons (Fsp3) is 0.727. The molecular weight excluding hydrogens is 192 g/mol. The Balaban J connectivity index is 2.65. The van der Waals surface area contributed by atoms with Crippen molar-refractivity contribution < 1.29 is 9.84 Å². The summed E-state index contributed by atoms with van der Waals surface area (Å²) in [5.41, 5.74) is 0.402. The lowest BCUT2D eigenvalue weighted by molar-refractivity contribution is -0.0917. The smallest absolute Gasteiger partial charge is 0.0909 e. The maximum absolute atomic E-state index is 10.1. The van der Waals surface area contributed by atoms with Crippen molar-refractivity contribution in [1.82, 2.24) is 9.78 Å². The Morgan fingerprint density at radius 1 is 1.67 bits per heavy atom. The summed E-state index contributed by atoms with van der Waals surface area (Å²) in [6.07, 6.45) is 2.65. The van der Waals surface area contributed by atoms with E-state index in [1.54, 1.807) is 11.8 Å². The number of aliphatic hydroxyl groups excluding tert-OH is 1. The summed E-state index contributed by atoms with van der Waals surface area (Å²) in [7, 11) is 3.50. The summed E-state index contributed by atoms with van der Waals surface area (Å²) in [5.74, 6) is 0. The lowest BCUT2D eigenvalue weighted by Gasteiger charge is -2.31. The Morgan fingerprint density at radius 3 is 2.73 bits per heavy atom. The molecule has 1 N–H and O–H groups in total. The predicted octanol–water partition coefficient (Wildman–Crippen LogP) is 1.14. The van der Waals surface area contributed by atoms with Gasteiger partial charge in [0.05, 0.1) is 17.4 Å². The molecule has 1 aromatic rings. The monoisotopic (exact) mass is 212 g/mol. The molecule has 0 aliphatic rings.